The summed E-state index contributed by atoms with van der Waals surface area (Å²) in [7, 11) is 0. The molecular formula is C13H15NS2. The largest absolute Gasteiger partial charge is 0.320 e. The smallest absolute Gasteiger partial charge is 0.0559 e. The highest BCUT2D eigenvalue weighted by molar-refractivity contribution is 7.99. The highest BCUT2D eigenvalue weighted by Crippen LogP contribution is 2.24. The molecule has 0 aliphatic carbocycles. The molecule has 0 saturated heterocycles. The molecule has 0 saturated carbocycles. The van der Waals surface area contributed by atoms with E-state index in [9.17, 15) is 0 Å². The summed E-state index contributed by atoms with van der Waals surface area (Å²) in [5.74, 6) is 1.11. The van der Waals surface area contributed by atoms with Gasteiger partial charge in [-0.2, -0.15) is 11.3 Å². The van der Waals surface area contributed by atoms with Gasteiger partial charge in [0.15, 0.2) is 0 Å². The van der Waals surface area contributed by atoms with Crippen molar-refractivity contribution in [3.05, 3.63) is 52.2 Å². The lowest BCUT2D eigenvalue weighted by Gasteiger charge is -2.10. The zero-order valence-electron chi connectivity index (χ0n) is 9.22. The van der Waals surface area contributed by atoms with Crippen molar-refractivity contribution in [2.24, 2.45) is 5.73 Å². The zero-order valence-corrected chi connectivity index (χ0v) is 10.9. The van der Waals surface area contributed by atoms with Crippen LogP contribution in [-0.2, 0) is 0 Å². The SMILES string of the molecule is CCSc1ccc([C@H](N)c2ccsc2)cc1. The molecule has 0 amide bonds. The molecule has 2 rings (SSSR count). The van der Waals surface area contributed by atoms with Crippen molar-refractivity contribution < 1.29 is 0 Å². The van der Waals surface area contributed by atoms with Crippen LogP contribution in [0.15, 0.2) is 46.0 Å². The first-order valence-corrected chi connectivity index (χ1v) is 7.24. The van der Waals surface area contributed by atoms with Gasteiger partial charge in [-0.3, -0.25) is 0 Å². The lowest BCUT2D eigenvalue weighted by molar-refractivity contribution is 0.875. The minimum absolute atomic E-state index is 0.00641. The predicted octanol–water partition coefficient (Wildman–Crippen LogP) is 3.91. The molecule has 0 aliphatic rings. The molecule has 0 unspecified atom stereocenters. The molecule has 84 valence electrons. The van der Waals surface area contributed by atoms with E-state index in [0.717, 1.165) is 5.75 Å². The Hall–Kier alpha value is -0.770. The van der Waals surface area contributed by atoms with Gasteiger partial charge in [0.25, 0.3) is 0 Å². The van der Waals surface area contributed by atoms with Gasteiger partial charge in [-0.15, -0.1) is 11.8 Å². The van der Waals surface area contributed by atoms with E-state index in [1.807, 2.05) is 11.8 Å². The van der Waals surface area contributed by atoms with Crippen LogP contribution in [0.1, 0.15) is 24.1 Å². The summed E-state index contributed by atoms with van der Waals surface area (Å²) in [5, 5.41) is 4.18. The van der Waals surface area contributed by atoms with Gasteiger partial charge in [-0.25, -0.2) is 0 Å². The van der Waals surface area contributed by atoms with Gasteiger partial charge in [0.05, 0.1) is 6.04 Å². The van der Waals surface area contributed by atoms with Crippen LogP contribution < -0.4 is 5.73 Å². The third-order valence-electron chi connectivity index (χ3n) is 2.45. The van der Waals surface area contributed by atoms with E-state index in [1.165, 1.54) is 16.0 Å². The molecule has 0 spiro atoms. The third-order valence-corrected chi connectivity index (χ3v) is 4.05. The van der Waals surface area contributed by atoms with E-state index in [0.29, 0.717) is 0 Å². The highest BCUT2D eigenvalue weighted by atomic mass is 32.2. The number of thioether (sulfide) groups is 1. The fourth-order valence-electron chi connectivity index (χ4n) is 1.58. The van der Waals surface area contributed by atoms with Gasteiger partial charge in [0, 0.05) is 4.90 Å². The Morgan fingerprint density at radius 3 is 2.50 bits per heavy atom. The van der Waals surface area contributed by atoms with Crippen molar-refractivity contribution in [2.45, 2.75) is 17.9 Å². The van der Waals surface area contributed by atoms with E-state index in [-0.39, 0.29) is 6.04 Å². The Kier molecular flexibility index (Phi) is 4.04. The summed E-state index contributed by atoms with van der Waals surface area (Å²) in [5.41, 5.74) is 8.56. The van der Waals surface area contributed by atoms with Crippen LogP contribution in [0, 0.1) is 0 Å². The maximum atomic E-state index is 6.18. The maximum Gasteiger partial charge on any atom is 0.0559 e. The van der Waals surface area contributed by atoms with Crippen molar-refractivity contribution in [2.75, 3.05) is 5.75 Å². The molecule has 3 heteroatoms. The van der Waals surface area contributed by atoms with Gasteiger partial charge < -0.3 is 5.73 Å². The average Bonchev–Trinajstić information content (AvgIpc) is 2.83. The molecule has 0 bridgehead atoms. The van der Waals surface area contributed by atoms with E-state index in [1.54, 1.807) is 11.3 Å². The van der Waals surface area contributed by atoms with Crippen molar-refractivity contribution >= 4 is 23.1 Å². The molecule has 2 N–H and O–H groups in total. The summed E-state index contributed by atoms with van der Waals surface area (Å²) in [6.45, 7) is 2.16. The average molecular weight is 249 g/mol. The van der Waals surface area contributed by atoms with Crippen LogP contribution in [0.2, 0.25) is 0 Å². The lowest BCUT2D eigenvalue weighted by Crippen LogP contribution is -2.10. The van der Waals surface area contributed by atoms with E-state index >= 15 is 0 Å². The molecule has 1 aromatic carbocycles. The highest BCUT2D eigenvalue weighted by Gasteiger charge is 2.08. The van der Waals surface area contributed by atoms with E-state index in [4.69, 9.17) is 5.73 Å². The molecule has 0 aliphatic heterocycles. The van der Waals surface area contributed by atoms with Gasteiger partial charge >= 0.3 is 0 Å². The predicted molar refractivity (Wildman–Crippen MR) is 73.2 cm³/mol. The molecule has 1 heterocycles. The van der Waals surface area contributed by atoms with Gasteiger partial charge in [-0.05, 0) is 45.8 Å². The number of benzene rings is 1. The second-order valence-electron chi connectivity index (χ2n) is 3.54. The summed E-state index contributed by atoms with van der Waals surface area (Å²) in [6.07, 6.45) is 0. The number of nitrogens with two attached hydrogens (primary N) is 1. The number of hydrogen-bond donors (Lipinski definition) is 1. The number of hydrogen-bond acceptors (Lipinski definition) is 3. The van der Waals surface area contributed by atoms with Crippen LogP contribution in [0.3, 0.4) is 0 Å². The molecule has 1 atom stereocenters. The van der Waals surface area contributed by atoms with Crippen molar-refractivity contribution in [1.29, 1.82) is 0 Å². The molecule has 16 heavy (non-hydrogen) atoms. The van der Waals surface area contributed by atoms with E-state index < -0.39 is 0 Å². The summed E-state index contributed by atoms with van der Waals surface area (Å²) < 4.78 is 0. The maximum absolute atomic E-state index is 6.18. The number of rotatable bonds is 4. The van der Waals surface area contributed by atoms with Crippen LogP contribution in [0.25, 0.3) is 0 Å². The van der Waals surface area contributed by atoms with Crippen LogP contribution in [0.4, 0.5) is 0 Å². The number of thiophene rings is 1. The molecule has 0 radical (unpaired) electrons. The Morgan fingerprint density at radius 1 is 1.19 bits per heavy atom. The first-order chi connectivity index (χ1) is 7.81. The lowest BCUT2D eigenvalue weighted by atomic mass is 10.0. The quantitative estimate of drug-likeness (QED) is 0.831. The van der Waals surface area contributed by atoms with Crippen LogP contribution >= 0.6 is 23.1 Å². The van der Waals surface area contributed by atoms with Crippen LogP contribution in [-0.4, -0.2) is 5.75 Å². The van der Waals surface area contributed by atoms with E-state index in [2.05, 4.69) is 48.0 Å². The van der Waals surface area contributed by atoms with Crippen molar-refractivity contribution in [3.8, 4) is 0 Å². The van der Waals surface area contributed by atoms with Crippen molar-refractivity contribution in [3.63, 3.8) is 0 Å². The Labute approximate surface area is 105 Å². The third kappa shape index (κ3) is 2.67. The van der Waals surface area contributed by atoms with Gasteiger partial charge in [0.1, 0.15) is 0 Å². The Bertz CT molecular complexity index is 420. The fraction of sp³-hybridized carbons (Fsp3) is 0.231. The second-order valence-corrected chi connectivity index (χ2v) is 5.65. The van der Waals surface area contributed by atoms with Gasteiger partial charge in [0.2, 0.25) is 0 Å². The summed E-state index contributed by atoms with van der Waals surface area (Å²) in [4.78, 5) is 1.31. The Balaban J connectivity index is 2.15. The molecule has 2 aromatic rings. The standard InChI is InChI=1S/C13H15NS2/c1-2-16-12-5-3-10(4-6-12)13(14)11-7-8-15-9-11/h3-9,13H,2,14H2,1H3/t13-/m0/s1. The minimum Gasteiger partial charge on any atom is -0.320 e. The van der Waals surface area contributed by atoms with Crippen molar-refractivity contribution in [1.82, 2.24) is 0 Å². The first-order valence-electron chi connectivity index (χ1n) is 5.31. The zero-order chi connectivity index (χ0) is 11.4. The summed E-state index contributed by atoms with van der Waals surface area (Å²) in [6, 6.07) is 10.6. The van der Waals surface area contributed by atoms with Crippen LogP contribution in [0.5, 0.6) is 0 Å². The molecule has 1 aromatic heterocycles. The fourth-order valence-corrected chi connectivity index (χ4v) is 2.94. The molecular weight excluding hydrogens is 234 g/mol. The monoisotopic (exact) mass is 249 g/mol. The second kappa shape index (κ2) is 5.53. The summed E-state index contributed by atoms with van der Waals surface area (Å²) >= 11 is 3.54. The van der Waals surface area contributed by atoms with Gasteiger partial charge in [-0.1, -0.05) is 19.1 Å². The minimum atomic E-state index is 0.00641. The molecule has 1 nitrogen and oxygen atoms in total. The Morgan fingerprint density at radius 2 is 1.94 bits per heavy atom. The molecule has 0 fully saturated rings. The topological polar surface area (TPSA) is 26.0 Å². The first kappa shape index (κ1) is 11.7. The normalized spacial score (nSPS) is 12.6.